The monoisotopic (exact) mass is 314 g/mol. The van der Waals surface area contributed by atoms with Crippen molar-refractivity contribution < 1.29 is 14.3 Å². The zero-order valence-corrected chi connectivity index (χ0v) is 14.0. The molecule has 0 fully saturated rings. The van der Waals surface area contributed by atoms with Crippen molar-refractivity contribution in [3.63, 3.8) is 0 Å². The average molecular weight is 314 g/mol. The van der Waals surface area contributed by atoms with Gasteiger partial charge in [-0.15, -0.1) is 0 Å². The molecule has 0 spiro atoms. The van der Waals surface area contributed by atoms with Gasteiger partial charge < -0.3 is 9.52 Å². The van der Waals surface area contributed by atoms with Gasteiger partial charge in [0.15, 0.2) is 0 Å². The Bertz CT molecular complexity index is 607. The van der Waals surface area contributed by atoms with Crippen LogP contribution in [0.4, 0.5) is 0 Å². The minimum Gasteiger partial charge on any atom is -0.478 e. The van der Waals surface area contributed by atoms with Crippen LogP contribution in [0.2, 0.25) is 0 Å². The molecule has 0 amide bonds. The Labute approximate surface area is 138 Å². The van der Waals surface area contributed by atoms with Crippen molar-refractivity contribution in [2.45, 2.75) is 46.0 Å². The fraction of sp³-hybridized carbons (Fsp3) is 0.450. The van der Waals surface area contributed by atoms with E-state index in [1.807, 2.05) is 18.4 Å². The largest absolute Gasteiger partial charge is 0.478 e. The number of hydrogen-bond donors (Lipinski definition) is 1. The van der Waals surface area contributed by atoms with Crippen LogP contribution < -0.4 is 0 Å². The topological polar surface area (TPSA) is 50.4 Å². The normalized spacial score (nSPS) is 27.3. The van der Waals surface area contributed by atoms with Gasteiger partial charge in [-0.1, -0.05) is 32.6 Å². The van der Waals surface area contributed by atoms with E-state index < -0.39 is 5.97 Å². The summed E-state index contributed by atoms with van der Waals surface area (Å²) in [5, 5.41) is 9.27. The Morgan fingerprint density at radius 3 is 2.96 bits per heavy atom. The van der Waals surface area contributed by atoms with E-state index in [1.165, 1.54) is 5.56 Å². The molecule has 3 heteroatoms. The first-order valence-electron chi connectivity index (χ1n) is 8.22. The van der Waals surface area contributed by atoms with Gasteiger partial charge >= 0.3 is 5.97 Å². The Morgan fingerprint density at radius 2 is 2.30 bits per heavy atom. The molecule has 124 valence electrons. The lowest BCUT2D eigenvalue weighted by Crippen LogP contribution is -2.26. The van der Waals surface area contributed by atoms with E-state index in [0.29, 0.717) is 17.1 Å². The average Bonchev–Trinajstić information content (AvgIpc) is 3.02. The minimum atomic E-state index is -0.893. The third-order valence-electron chi connectivity index (χ3n) is 5.23. The van der Waals surface area contributed by atoms with Crippen molar-refractivity contribution in [3.8, 4) is 0 Å². The van der Waals surface area contributed by atoms with Gasteiger partial charge in [-0.2, -0.15) is 0 Å². The molecular formula is C20H26O3. The second-order valence-corrected chi connectivity index (χ2v) is 6.85. The SMILES string of the molecule is C=C1CC[C@@H](C)[C@](C)(CCc2ccoc2)C/C=C\C=C1C(=O)O. The van der Waals surface area contributed by atoms with E-state index in [-0.39, 0.29) is 5.41 Å². The summed E-state index contributed by atoms with van der Waals surface area (Å²) in [6.45, 7) is 8.56. The van der Waals surface area contributed by atoms with Crippen LogP contribution in [-0.4, -0.2) is 11.1 Å². The number of allylic oxidation sites excluding steroid dienone is 3. The molecule has 1 aromatic rings. The molecule has 1 N–H and O–H groups in total. The maximum absolute atomic E-state index is 11.3. The quantitative estimate of drug-likeness (QED) is 0.835. The summed E-state index contributed by atoms with van der Waals surface area (Å²) in [7, 11) is 0. The van der Waals surface area contributed by atoms with E-state index in [2.05, 4.69) is 26.5 Å². The van der Waals surface area contributed by atoms with Crippen molar-refractivity contribution in [2.24, 2.45) is 11.3 Å². The van der Waals surface area contributed by atoms with E-state index in [0.717, 1.165) is 32.1 Å². The lowest BCUT2D eigenvalue weighted by atomic mass is 9.69. The number of aliphatic carboxylic acids is 1. The summed E-state index contributed by atoms with van der Waals surface area (Å²) < 4.78 is 5.15. The second kappa shape index (κ2) is 7.49. The molecule has 0 aromatic carbocycles. The lowest BCUT2D eigenvalue weighted by Gasteiger charge is -2.36. The third-order valence-corrected chi connectivity index (χ3v) is 5.23. The number of rotatable bonds is 4. The van der Waals surface area contributed by atoms with E-state index in [1.54, 1.807) is 12.3 Å². The number of furan rings is 1. The summed E-state index contributed by atoms with van der Waals surface area (Å²) in [6, 6.07) is 2.02. The van der Waals surface area contributed by atoms with E-state index >= 15 is 0 Å². The number of aryl methyl sites for hydroxylation is 1. The molecule has 0 radical (unpaired) electrons. The van der Waals surface area contributed by atoms with Gasteiger partial charge in [-0.3, -0.25) is 0 Å². The van der Waals surface area contributed by atoms with Crippen LogP contribution in [0.1, 0.15) is 45.1 Å². The Kier molecular flexibility index (Phi) is 5.64. The molecule has 1 aliphatic carbocycles. The van der Waals surface area contributed by atoms with Gasteiger partial charge in [0.05, 0.1) is 18.1 Å². The Hall–Kier alpha value is -2.03. The molecule has 1 aliphatic rings. The van der Waals surface area contributed by atoms with Crippen LogP contribution >= 0.6 is 0 Å². The molecule has 23 heavy (non-hydrogen) atoms. The van der Waals surface area contributed by atoms with Crippen molar-refractivity contribution in [1.82, 2.24) is 0 Å². The standard InChI is InChI=1S/C20H26O3/c1-15-7-8-16(2)20(3,12-9-17-10-13-23-14-17)11-5-4-6-18(15)19(21)22/h4-6,10,13-14,16H,1,7-9,11-12H2,2-3H3,(H,21,22)/b5-4-,18-6?/t16-,20+/m1/s1. The smallest absolute Gasteiger partial charge is 0.335 e. The Morgan fingerprint density at radius 1 is 1.52 bits per heavy atom. The van der Waals surface area contributed by atoms with Crippen LogP contribution in [0.15, 0.2) is 59.0 Å². The minimum absolute atomic E-state index is 0.183. The molecule has 0 bridgehead atoms. The van der Waals surface area contributed by atoms with Gasteiger partial charge in [-0.25, -0.2) is 4.79 Å². The highest BCUT2D eigenvalue weighted by molar-refractivity contribution is 5.91. The first-order chi connectivity index (χ1) is 10.9. The molecule has 1 aromatic heterocycles. The summed E-state index contributed by atoms with van der Waals surface area (Å²) in [6.07, 6.45) is 13.9. The highest BCUT2D eigenvalue weighted by atomic mass is 16.4. The second-order valence-electron chi connectivity index (χ2n) is 6.85. The van der Waals surface area contributed by atoms with Crippen LogP contribution in [0.3, 0.4) is 0 Å². The first-order valence-corrected chi connectivity index (χ1v) is 8.22. The van der Waals surface area contributed by atoms with Crippen molar-refractivity contribution in [1.29, 1.82) is 0 Å². The van der Waals surface area contributed by atoms with Gasteiger partial charge in [0.2, 0.25) is 0 Å². The van der Waals surface area contributed by atoms with Crippen LogP contribution in [0.25, 0.3) is 0 Å². The number of carbonyl (C=O) groups is 1. The fourth-order valence-corrected chi connectivity index (χ4v) is 3.13. The maximum atomic E-state index is 11.3. The maximum Gasteiger partial charge on any atom is 0.335 e. The molecule has 2 atom stereocenters. The number of hydrogen-bond acceptors (Lipinski definition) is 2. The predicted molar refractivity (Wildman–Crippen MR) is 92.1 cm³/mol. The fourth-order valence-electron chi connectivity index (χ4n) is 3.13. The van der Waals surface area contributed by atoms with Crippen LogP contribution in [0.5, 0.6) is 0 Å². The molecule has 3 nitrogen and oxygen atoms in total. The van der Waals surface area contributed by atoms with E-state index in [4.69, 9.17) is 4.42 Å². The number of carboxylic acid groups (broad SMARTS) is 1. The molecule has 0 unspecified atom stereocenters. The number of carboxylic acids is 1. The first kappa shape index (κ1) is 17.3. The van der Waals surface area contributed by atoms with Gasteiger partial charge in [0, 0.05) is 0 Å². The van der Waals surface area contributed by atoms with Gasteiger partial charge in [0.1, 0.15) is 0 Å². The summed E-state index contributed by atoms with van der Waals surface area (Å²) in [4.78, 5) is 11.3. The van der Waals surface area contributed by atoms with Crippen molar-refractivity contribution >= 4 is 5.97 Å². The zero-order valence-electron chi connectivity index (χ0n) is 14.0. The molecule has 1 heterocycles. The lowest BCUT2D eigenvalue weighted by molar-refractivity contribution is -0.132. The summed E-state index contributed by atoms with van der Waals surface area (Å²) in [5.41, 5.74) is 2.46. The Balaban J connectivity index is 2.14. The predicted octanol–water partition coefficient (Wildman–Crippen LogP) is 5.16. The summed E-state index contributed by atoms with van der Waals surface area (Å²) >= 11 is 0. The van der Waals surface area contributed by atoms with Crippen LogP contribution in [0, 0.1) is 11.3 Å². The molecule has 2 rings (SSSR count). The van der Waals surface area contributed by atoms with Gasteiger partial charge in [-0.05, 0) is 66.7 Å². The highest BCUT2D eigenvalue weighted by Gasteiger charge is 2.30. The van der Waals surface area contributed by atoms with Crippen molar-refractivity contribution in [2.75, 3.05) is 0 Å². The highest BCUT2D eigenvalue weighted by Crippen LogP contribution is 2.40. The third kappa shape index (κ3) is 4.47. The molecule has 0 saturated heterocycles. The van der Waals surface area contributed by atoms with E-state index in [9.17, 15) is 9.90 Å². The van der Waals surface area contributed by atoms with Crippen LogP contribution in [-0.2, 0) is 11.2 Å². The summed E-state index contributed by atoms with van der Waals surface area (Å²) in [5.74, 6) is -0.403. The van der Waals surface area contributed by atoms with Gasteiger partial charge in [0.25, 0.3) is 0 Å². The van der Waals surface area contributed by atoms with Crippen molar-refractivity contribution in [3.05, 3.63) is 60.1 Å². The zero-order chi connectivity index (χ0) is 16.9. The molecule has 0 saturated carbocycles. The molecular weight excluding hydrogens is 288 g/mol. The molecule has 0 aliphatic heterocycles.